The van der Waals surface area contributed by atoms with Crippen LogP contribution in [0.25, 0.3) is 0 Å². The fraction of sp³-hybridized carbons (Fsp3) is 0.500. The lowest BCUT2D eigenvalue weighted by Gasteiger charge is -2.35. The maximum atomic E-state index is 13.3. The van der Waals surface area contributed by atoms with Crippen LogP contribution in [0, 0.1) is 11.6 Å². The SMILES string of the molecule is O=C(c1cc(F)c(F)cc1Br)N1CCCCC1CCO. The number of piperidine rings is 1. The molecule has 20 heavy (non-hydrogen) atoms. The van der Waals surface area contributed by atoms with Gasteiger partial charge in [-0.25, -0.2) is 8.78 Å². The number of benzene rings is 1. The van der Waals surface area contributed by atoms with E-state index in [4.69, 9.17) is 5.11 Å². The summed E-state index contributed by atoms with van der Waals surface area (Å²) in [7, 11) is 0. The maximum Gasteiger partial charge on any atom is 0.255 e. The number of nitrogens with zero attached hydrogens (tertiary/aromatic N) is 1. The largest absolute Gasteiger partial charge is 0.396 e. The standard InChI is InChI=1S/C14H16BrF2NO2/c15-11-8-13(17)12(16)7-10(11)14(20)18-5-2-1-3-9(18)4-6-19/h7-9,19H,1-6H2. The summed E-state index contributed by atoms with van der Waals surface area (Å²) < 4.78 is 26.7. The molecule has 1 N–H and O–H groups in total. The third kappa shape index (κ3) is 3.17. The number of amides is 1. The van der Waals surface area contributed by atoms with Gasteiger partial charge in [0.2, 0.25) is 0 Å². The van der Waals surface area contributed by atoms with E-state index in [1.165, 1.54) is 0 Å². The fourth-order valence-corrected chi connectivity index (χ4v) is 3.04. The van der Waals surface area contributed by atoms with Gasteiger partial charge in [0.05, 0.1) is 5.56 Å². The molecule has 1 aliphatic heterocycles. The Morgan fingerprint density at radius 1 is 1.35 bits per heavy atom. The predicted octanol–water partition coefficient (Wildman–Crippen LogP) is 3.10. The van der Waals surface area contributed by atoms with Crippen molar-refractivity contribution in [2.24, 2.45) is 0 Å². The van der Waals surface area contributed by atoms with Crippen LogP contribution in [0.3, 0.4) is 0 Å². The summed E-state index contributed by atoms with van der Waals surface area (Å²) in [6, 6.07) is 1.85. The van der Waals surface area contributed by atoms with Gasteiger partial charge in [-0.1, -0.05) is 0 Å². The Kier molecular flexibility index (Phi) is 5.10. The monoisotopic (exact) mass is 347 g/mol. The number of carbonyl (C=O) groups excluding carboxylic acids is 1. The first-order chi connectivity index (χ1) is 9.54. The van der Waals surface area contributed by atoms with Gasteiger partial charge in [0.25, 0.3) is 5.91 Å². The Morgan fingerprint density at radius 2 is 2.05 bits per heavy atom. The summed E-state index contributed by atoms with van der Waals surface area (Å²) >= 11 is 3.10. The van der Waals surface area contributed by atoms with E-state index in [2.05, 4.69) is 15.9 Å². The number of aliphatic hydroxyl groups is 1. The van der Waals surface area contributed by atoms with Crippen LogP contribution in [0.4, 0.5) is 8.78 Å². The van der Waals surface area contributed by atoms with E-state index < -0.39 is 11.6 Å². The highest BCUT2D eigenvalue weighted by atomic mass is 79.9. The zero-order valence-electron chi connectivity index (χ0n) is 10.9. The normalized spacial score (nSPS) is 19.2. The van der Waals surface area contributed by atoms with Crippen molar-refractivity contribution in [2.75, 3.05) is 13.2 Å². The van der Waals surface area contributed by atoms with E-state index in [0.717, 1.165) is 31.4 Å². The van der Waals surface area contributed by atoms with Gasteiger partial charge in [0.15, 0.2) is 11.6 Å². The molecule has 1 aromatic rings. The molecule has 0 spiro atoms. The Labute approximate surface area is 124 Å². The lowest BCUT2D eigenvalue weighted by molar-refractivity contribution is 0.0573. The molecule has 1 aliphatic rings. The highest BCUT2D eigenvalue weighted by Gasteiger charge is 2.28. The van der Waals surface area contributed by atoms with Crippen LogP contribution >= 0.6 is 15.9 Å². The van der Waals surface area contributed by atoms with E-state index in [1.807, 2.05) is 0 Å². The van der Waals surface area contributed by atoms with Crippen LogP contribution in [0.2, 0.25) is 0 Å². The third-order valence-electron chi connectivity index (χ3n) is 3.59. The molecule has 1 unspecified atom stereocenters. The summed E-state index contributed by atoms with van der Waals surface area (Å²) in [4.78, 5) is 14.1. The average molecular weight is 348 g/mol. The first-order valence-corrected chi connectivity index (χ1v) is 7.40. The first-order valence-electron chi connectivity index (χ1n) is 6.61. The zero-order chi connectivity index (χ0) is 14.7. The summed E-state index contributed by atoms with van der Waals surface area (Å²) in [5.41, 5.74) is 0.119. The molecule has 6 heteroatoms. The lowest BCUT2D eigenvalue weighted by atomic mass is 9.98. The van der Waals surface area contributed by atoms with Gasteiger partial charge in [-0.3, -0.25) is 4.79 Å². The number of aliphatic hydroxyl groups excluding tert-OH is 1. The number of hydrogen-bond acceptors (Lipinski definition) is 2. The van der Waals surface area contributed by atoms with Crippen molar-refractivity contribution < 1.29 is 18.7 Å². The van der Waals surface area contributed by atoms with Crippen LogP contribution in [0.5, 0.6) is 0 Å². The Bertz CT molecular complexity index is 508. The molecular formula is C14H16BrF2NO2. The highest BCUT2D eigenvalue weighted by Crippen LogP contribution is 2.26. The van der Waals surface area contributed by atoms with Crippen molar-refractivity contribution in [3.63, 3.8) is 0 Å². The van der Waals surface area contributed by atoms with Crippen molar-refractivity contribution in [3.05, 3.63) is 33.8 Å². The molecule has 2 rings (SSSR count). The molecule has 0 radical (unpaired) electrons. The Balaban J connectivity index is 2.27. The Morgan fingerprint density at radius 3 is 2.75 bits per heavy atom. The van der Waals surface area contributed by atoms with Gasteiger partial charge in [-0.15, -0.1) is 0 Å². The topological polar surface area (TPSA) is 40.5 Å². The van der Waals surface area contributed by atoms with Gasteiger partial charge in [-0.2, -0.15) is 0 Å². The average Bonchev–Trinajstić information content (AvgIpc) is 2.43. The lowest BCUT2D eigenvalue weighted by Crippen LogP contribution is -2.44. The molecule has 1 fully saturated rings. The quantitative estimate of drug-likeness (QED) is 0.853. The summed E-state index contributed by atoms with van der Waals surface area (Å²) in [5, 5.41) is 9.07. The molecule has 0 saturated carbocycles. The number of likely N-dealkylation sites (tertiary alicyclic amines) is 1. The van der Waals surface area contributed by atoms with Crippen LogP contribution in [0.1, 0.15) is 36.0 Å². The molecule has 1 atom stereocenters. The third-order valence-corrected chi connectivity index (χ3v) is 4.25. The number of carbonyl (C=O) groups is 1. The molecule has 0 aromatic heterocycles. The van der Waals surface area contributed by atoms with Crippen LogP contribution in [-0.2, 0) is 0 Å². The highest BCUT2D eigenvalue weighted by molar-refractivity contribution is 9.10. The fourth-order valence-electron chi connectivity index (χ4n) is 2.56. The van der Waals surface area contributed by atoms with Gasteiger partial charge in [0, 0.05) is 23.7 Å². The van der Waals surface area contributed by atoms with E-state index in [9.17, 15) is 13.6 Å². The van der Waals surface area contributed by atoms with Gasteiger partial charge in [-0.05, 0) is 53.7 Å². The second kappa shape index (κ2) is 6.63. The smallest absolute Gasteiger partial charge is 0.255 e. The molecule has 1 heterocycles. The second-order valence-corrected chi connectivity index (χ2v) is 5.76. The molecular weight excluding hydrogens is 332 g/mol. The van der Waals surface area contributed by atoms with Crippen molar-refractivity contribution >= 4 is 21.8 Å². The van der Waals surface area contributed by atoms with Crippen LogP contribution in [0.15, 0.2) is 16.6 Å². The number of hydrogen-bond donors (Lipinski definition) is 1. The molecule has 1 saturated heterocycles. The Hall–Kier alpha value is -1.01. The summed E-state index contributed by atoms with van der Waals surface area (Å²) in [6.45, 7) is 0.586. The van der Waals surface area contributed by atoms with Crippen molar-refractivity contribution in [1.29, 1.82) is 0 Å². The van der Waals surface area contributed by atoms with E-state index in [0.29, 0.717) is 13.0 Å². The zero-order valence-corrected chi connectivity index (χ0v) is 12.5. The van der Waals surface area contributed by atoms with E-state index in [-0.39, 0.29) is 28.6 Å². The molecule has 3 nitrogen and oxygen atoms in total. The van der Waals surface area contributed by atoms with Gasteiger partial charge < -0.3 is 10.0 Å². The summed E-state index contributed by atoms with van der Waals surface area (Å²) in [6.07, 6.45) is 3.23. The molecule has 0 aliphatic carbocycles. The first kappa shape index (κ1) is 15.4. The van der Waals surface area contributed by atoms with Crippen molar-refractivity contribution in [1.82, 2.24) is 4.90 Å². The van der Waals surface area contributed by atoms with Crippen LogP contribution in [-0.4, -0.2) is 35.1 Å². The number of rotatable bonds is 3. The molecule has 0 bridgehead atoms. The minimum Gasteiger partial charge on any atom is -0.396 e. The predicted molar refractivity (Wildman–Crippen MR) is 74.4 cm³/mol. The minimum atomic E-state index is -1.03. The van der Waals surface area contributed by atoms with Crippen molar-refractivity contribution in [3.8, 4) is 0 Å². The molecule has 110 valence electrons. The van der Waals surface area contributed by atoms with Crippen molar-refractivity contribution in [2.45, 2.75) is 31.7 Å². The van der Waals surface area contributed by atoms with E-state index >= 15 is 0 Å². The summed E-state index contributed by atoms with van der Waals surface area (Å²) in [5.74, 6) is -2.35. The minimum absolute atomic E-state index is 0.00734. The van der Waals surface area contributed by atoms with Crippen LogP contribution < -0.4 is 0 Å². The van der Waals surface area contributed by atoms with Gasteiger partial charge in [0.1, 0.15) is 0 Å². The second-order valence-electron chi connectivity index (χ2n) is 4.91. The molecule has 1 amide bonds. The number of halogens is 3. The van der Waals surface area contributed by atoms with Gasteiger partial charge >= 0.3 is 0 Å². The van der Waals surface area contributed by atoms with E-state index in [1.54, 1.807) is 4.90 Å². The maximum absolute atomic E-state index is 13.3. The molecule has 1 aromatic carbocycles.